The zero-order chi connectivity index (χ0) is 15.7. The Morgan fingerprint density at radius 3 is 2.59 bits per heavy atom. The lowest BCUT2D eigenvalue weighted by Crippen LogP contribution is -2.04. The predicted molar refractivity (Wildman–Crippen MR) is 87.0 cm³/mol. The van der Waals surface area contributed by atoms with Crippen LogP contribution in [0.3, 0.4) is 0 Å². The van der Waals surface area contributed by atoms with Crippen molar-refractivity contribution in [2.45, 2.75) is 38.9 Å². The predicted octanol–water partition coefficient (Wildman–Crippen LogP) is 3.40. The van der Waals surface area contributed by atoms with Crippen LogP contribution in [-0.2, 0) is 19.6 Å². The van der Waals surface area contributed by atoms with Gasteiger partial charge in [-0.15, -0.1) is 0 Å². The van der Waals surface area contributed by atoms with Gasteiger partial charge in [0.2, 0.25) is 0 Å². The van der Waals surface area contributed by atoms with Gasteiger partial charge in [-0.05, 0) is 47.1 Å². The van der Waals surface area contributed by atoms with E-state index in [-0.39, 0.29) is 13.2 Å². The van der Waals surface area contributed by atoms with E-state index in [9.17, 15) is 10.2 Å². The molecule has 0 amide bonds. The summed E-state index contributed by atoms with van der Waals surface area (Å²) in [6.07, 6.45) is 1.96. The van der Waals surface area contributed by atoms with Gasteiger partial charge in [-0.3, -0.25) is 0 Å². The number of rotatable bonds is 3. The Labute approximate surface area is 131 Å². The number of benzene rings is 2. The molecule has 0 bridgehead atoms. The van der Waals surface area contributed by atoms with Crippen LogP contribution in [0.1, 0.15) is 41.5 Å². The normalized spacial score (nSPS) is 16.6. The van der Waals surface area contributed by atoms with Crippen molar-refractivity contribution < 1.29 is 14.9 Å². The Balaban J connectivity index is 2.34. The highest BCUT2D eigenvalue weighted by Gasteiger charge is 2.24. The summed E-state index contributed by atoms with van der Waals surface area (Å²) in [5.74, 6) is 1.21. The smallest absolute Gasteiger partial charge is 0.128 e. The molecule has 0 heterocycles. The van der Waals surface area contributed by atoms with Gasteiger partial charge in [-0.1, -0.05) is 31.2 Å². The summed E-state index contributed by atoms with van der Waals surface area (Å²) in [7, 11) is 1.64. The van der Waals surface area contributed by atoms with Gasteiger partial charge in [0.25, 0.3) is 0 Å². The van der Waals surface area contributed by atoms with Crippen molar-refractivity contribution in [3.63, 3.8) is 0 Å². The standard InChI is InChI=1S/C19H22O3/c1-12-7-8-16-17(15-6-4-3-5-14(12)15)9-13(10-20)18(11-21)19(16)22-2/h3-6,9,12,20-21H,7-8,10-11H2,1-2H3/t12-/m0/s1. The van der Waals surface area contributed by atoms with Crippen molar-refractivity contribution in [2.24, 2.45) is 0 Å². The summed E-state index contributed by atoms with van der Waals surface area (Å²) in [4.78, 5) is 0. The molecule has 0 saturated heterocycles. The average Bonchev–Trinajstić information content (AvgIpc) is 2.70. The fraction of sp³-hybridized carbons (Fsp3) is 0.368. The van der Waals surface area contributed by atoms with Crippen molar-refractivity contribution in [1.29, 1.82) is 0 Å². The van der Waals surface area contributed by atoms with E-state index in [0.29, 0.717) is 11.5 Å². The fourth-order valence-corrected chi connectivity index (χ4v) is 3.54. The summed E-state index contributed by atoms with van der Waals surface area (Å²) in [5.41, 5.74) is 6.25. The summed E-state index contributed by atoms with van der Waals surface area (Å²) in [5, 5.41) is 19.4. The van der Waals surface area contributed by atoms with E-state index in [4.69, 9.17) is 4.74 Å². The Kier molecular flexibility index (Phi) is 4.19. The van der Waals surface area contributed by atoms with Crippen molar-refractivity contribution >= 4 is 0 Å². The monoisotopic (exact) mass is 298 g/mol. The minimum absolute atomic E-state index is 0.0999. The number of aliphatic hydroxyl groups excluding tert-OH is 2. The van der Waals surface area contributed by atoms with Crippen molar-refractivity contribution in [1.82, 2.24) is 0 Å². The molecule has 3 rings (SSSR count). The summed E-state index contributed by atoms with van der Waals surface area (Å²) in [6, 6.07) is 10.5. The highest BCUT2D eigenvalue weighted by molar-refractivity contribution is 5.76. The maximum atomic E-state index is 9.69. The second kappa shape index (κ2) is 6.11. The van der Waals surface area contributed by atoms with Gasteiger partial charge >= 0.3 is 0 Å². The first-order valence-corrected chi connectivity index (χ1v) is 7.73. The van der Waals surface area contributed by atoms with Gasteiger partial charge in [0.15, 0.2) is 0 Å². The van der Waals surface area contributed by atoms with E-state index >= 15 is 0 Å². The van der Waals surface area contributed by atoms with Crippen LogP contribution in [-0.4, -0.2) is 17.3 Å². The lowest BCUT2D eigenvalue weighted by atomic mass is 9.90. The zero-order valence-electron chi connectivity index (χ0n) is 13.1. The van der Waals surface area contributed by atoms with Crippen LogP contribution in [0, 0.1) is 0 Å². The van der Waals surface area contributed by atoms with Gasteiger partial charge < -0.3 is 14.9 Å². The van der Waals surface area contributed by atoms with Crippen molar-refractivity contribution in [2.75, 3.05) is 7.11 Å². The number of hydrogen-bond acceptors (Lipinski definition) is 3. The van der Waals surface area contributed by atoms with Crippen LogP contribution >= 0.6 is 0 Å². The van der Waals surface area contributed by atoms with Crippen molar-refractivity contribution in [3.8, 4) is 16.9 Å². The topological polar surface area (TPSA) is 49.7 Å². The zero-order valence-corrected chi connectivity index (χ0v) is 13.1. The SMILES string of the molecule is COc1c(CO)c(CO)cc2c1CC[C@H](C)c1ccccc1-2. The fourth-order valence-electron chi connectivity index (χ4n) is 3.54. The van der Waals surface area contributed by atoms with Crippen LogP contribution in [0.5, 0.6) is 5.75 Å². The Morgan fingerprint density at radius 2 is 1.91 bits per heavy atom. The lowest BCUT2D eigenvalue weighted by molar-refractivity contribution is 0.253. The number of fused-ring (bicyclic) bond motifs is 3. The van der Waals surface area contributed by atoms with E-state index in [1.807, 2.05) is 12.1 Å². The molecule has 1 aliphatic rings. The number of ether oxygens (including phenoxy) is 1. The van der Waals surface area contributed by atoms with Crippen LogP contribution in [0.2, 0.25) is 0 Å². The molecule has 0 aliphatic heterocycles. The van der Waals surface area contributed by atoms with Gasteiger partial charge in [0, 0.05) is 11.1 Å². The summed E-state index contributed by atoms with van der Waals surface area (Å²) < 4.78 is 5.61. The molecule has 0 fully saturated rings. The number of hydrogen-bond donors (Lipinski definition) is 2. The molecular weight excluding hydrogens is 276 g/mol. The van der Waals surface area contributed by atoms with Crippen LogP contribution < -0.4 is 4.74 Å². The molecule has 116 valence electrons. The molecule has 0 radical (unpaired) electrons. The Morgan fingerprint density at radius 1 is 1.14 bits per heavy atom. The number of methoxy groups -OCH3 is 1. The quantitative estimate of drug-likeness (QED) is 0.913. The molecule has 3 heteroatoms. The van der Waals surface area contributed by atoms with E-state index in [1.54, 1.807) is 7.11 Å². The molecule has 3 nitrogen and oxygen atoms in total. The highest BCUT2D eigenvalue weighted by Crippen LogP contribution is 2.43. The first kappa shape index (κ1) is 15.1. The van der Waals surface area contributed by atoms with Gasteiger partial charge in [-0.2, -0.15) is 0 Å². The molecular formula is C19H22O3. The molecule has 1 atom stereocenters. The first-order valence-electron chi connectivity index (χ1n) is 7.73. The van der Waals surface area contributed by atoms with Crippen molar-refractivity contribution in [3.05, 3.63) is 52.6 Å². The largest absolute Gasteiger partial charge is 0.496 e. The van der Waals surface area contributed by atoms with Crippen LogP contribution in [0.25, 0.3) is 11.1 Å². The molecule has 0 saturated carbocycles. The average molecular weight is 298 g/mol. The molecule has 0 aromatic heterocycles. The first-order chi connectivity index (χ1) is 10.7. The minimum atomic E-state index is -0.121. The third-order valence-corrected chi connectivity index (χ3v) is 4.72. The van der Waals surface area contributed by atoms with E-state index < -0.39 is 0 Å². The van der Waals surface area contributed by atoms with E-state index in [2.05, 4.69) is 25.1 Å². The molecule has 2 aromatic rings. The van der Waals surface area contributed by atoms with E-state index in [0.717, 1.165) is 35.3 Å². The summed E-state index contributed by atoms with van der Waals surface area (Å²) >= 11 is 0. The summed E-state index contributed by atoms with van der Waals surface area (Å²) in [6.45, 7) is 2.03. The van der Waals surface area contributed by atoms with Gasteiger partial charge in [0.05, 0.1) is 20.3 Å². The van der Waals surface area contributed by atoms with Gasteiger partial charge in [0.1, 0.15) is 5.75 Å². The van der Waals surface area contributed by atoms with Gasteiger partial charge in [-0.25, -0.2) is 0 Å². The third kappa shape index (κ3) is 2.31. The molecule has 2 N–H and O–H groups in total. The Bertz CT molecular complexity index is 691. The van der Waals surface area contributed by atoms with Crippen LogP contribution in [0.4, 0.5) is 0 Å². The highest BCUT2D eigenvalue weighted by atomic mass is 16.5. The molecule has 22 heavy (non-hydrogen) atoms. The van der Waals surface area contributed by atoms with E-state index in [1.165, 1.54) is 11.1 Å². The second-order valence-corrected chi connectivity index (χ2v) is 5.92. The maximum Gasteiger partial charge on any atom is 0.128 e. The minimum Gasteiger partial charge on any atom is -0.496 e. The maximum absolute atomic E-state index is 9.69. The number of aliphatic hydroxyl groups is 2. The molecule has 0 spiro atoms. The third-order valence-electron chi connectivity index (χ3n) is 4.72. The lowest BCUT2D eigenvalue weighted by Gasteiger charge is -2.19. The molecule has 1 aliphatic carbocycles. The van der Waals surface area contributed by atoms with Crippen LogP contribution in [0.15, 0.2) is 30.3 Å². The second-order valence-electron chi connectivity index (χ2n) is 5.92. The molecule has 0 unspecified atom stereocenters. The molecule has 2 aromatic carbocycles. The Hall–Kier alpha value is -1.84.